The van der Waals surface area contributed by atoms with E-state index in [4.69, 9.17) is 0 Å². The molecule has 1 aliphatic heterocycles. The van der Waals surface area contributed by atoms with E-state index in [-0.39, 0.29) is 17.9 Å². The zero-order valence-electron chi connectivity index (χ0n) is 25.0. The second-order valence-electron chi connectivity index (χ2n) is 10.8. The fourth-order valence-electron chi connectivity index (χ4n) is 4.71. The van der Waals surface area contributed by atoms with Crippen molar-refractivity contribution < 1.29 is 14.7 Å². The summed E-state index contributed by atoms with van der Waals surface area (Å²) in [5.74, 6) is 2.36. The molecule has 2 aromatic rings. The van der Waals surface area contributed by atoms with Gasteiger partial charge in [-0.1, -0.05) is 77.1 Å². The predicted octanol–water partition coefficient (Wildman–Crippen LogP) is 6.24. The Morgan fingerprint density at radius 1 is 0.878 bits per heavy atom. The minimum Gasteiger partial charge on any atom is -0.391 e. The van der Waals surface area contributed by atoms with E-state index in [0.717, 1.165) is 80.1 Å². The third kappa shape index (κ3) is 12.1. The van der Waals surface area contributed by atoms with Crippen molar-refractivity contribution in [2.75, 3.05) is 56.7 Å². The summed E-state index contributed by atoms with van der Waals surface area (Å²) in [6.07, 6.45) is 9.69. The van der Waals surface area contributed by atoms with Crippen molar-refractivity contribution in [1.29, 1.82) is 0 Å². The fourth-order valence-corrected chi connectivity index (χ4v) is 6.88. The minimum atomic E-state index is -0.212. The zero-order chi connectivity index (χ0) is 29.5. The zero-order valence-corrected chi connectivity index (χ0v) is 26.6. The van der Waals surface area contributed by atoms with Gasteiger partial charge in [0.25, 0.3) is 0 Å². The van der Waals surface area contributed by atoms with E-state index < -0.39 is 0 Å². The maximum atomic E-state index is 12.5. The van der Waals surface area contributed by atoms with Crippen LogP contribution < -0.4 is 4.90 Å². The molecular weight excluding hydrogens is 551 g/mol. The van der Waals surface area contributed by atoms with Crippen molar-refractivity contribution in [3.8, 4) is 0 Å². The molecule has 0 radical (unpaired) electrons. The molecule has 0 spiro atoms. The van der Waals surface area contributed by atoms with Crippen LogP contribution in [-0.4, -0.2) is 84.6 Å². The lowest BCUT2D eigenvalue weighted by molar-refractivity contribution is -0.130. The van der Waals surface area contributed by atoms with E-state index in [0.29, 0.717) is 19.4 Å². The van der Waals surface area contributed by atoms with Gasteiger partial charge in [-0.05, 0) is 60.9 Å². The topological polar surface area (TPSA) is 64.1 Å². The highest BCUT2D eigenvalue weighted by molar-refractivity contribution is 8.76. The lowest BCUT2D eigenvalue weighted by Gasteiger charge is -2.17. The van der Waals surface area contributed by atoms with E-state index in [1.54, 1.807) is 21.6 Å². The predicted molar refractivity (Wildman–Crippen MR) is 177 cm³/mol. The van der Waals surface area contributed by atoms with Crippen LogP contribution >= 0.6 is 21.6 Å². The van der Waals surface area contributed by atoms with Crippen LogP contribution in [0.1, 0.15) is 62.1 Å². The van der Waals surface area contributed by atoms with Crippen molar-refractivity contribution in [1.82, 2.24) is 9.80 Å². The Kier molecular flexibility index (Phi) is 14.7. The Bertz CT molecular complexity index is 1090. The van der Waals surface area contributed by atoms with Gasteiger partial charge < -0.3 is 19.8 Å². The summed E-state index contributed by atoms with van der Waals surface area (Å²) in [5.41, 5.74) is 4.69. The molecule has 224 valence electrons. The number of likely N-dealkylation sites (N-methyl/N-ethyl adjacent to an activating group) is 1. The van der Waals surface area contributed by atoms with Gasteiger partial charge in [-0.3, -0.25) is 9.59 Å². The van der Waals surface area contributed by atoms with Crippen molar-refractivity contribution in [2.45, 2.75) is 58.0 Å². The number of nitrogens with zero attached hydrogens (tertiary/aromatic N) is 3. The van der Waals surface area contributed by atoms with Gasteiger partial charge >= 0.3 is 0 Å². The number of aliphatic hydroxyl groups excluding tert-OH is 1. The molecule has 1 atom stereocenters. The van der Waals surface area contributed by atoms with Crippen LogP contribution in [0.2, 0.25) is 0 Å². The number of anilines is 1. The van der Waals surface area contributed by atoms with Crippen LogP contribution in [-0.2, 0) is 16.0 Å². The molecular formula is C33H47N3O3S2. The molecule has 6 nitrogen and oxygen atoms in total. The van der Waals surface area contributed by atoms with Gasteiger partial charge in [-0.2, -0.15) is 0 Å². The SMILES string of the molecule is CCCN(C)C(=O)CCCSSCCCC(=O)N(C)CCc1ccc(/C=C/c2ccc(N3CCC(O)C3)cc2)cc1. The molecule has 1 saturated heterocycles. The first-order valence-corrected chi connectivity index (χ1v) is 17.4. The Hall–Kier alpha value is -2.42. The first kappa shape index (κ1) is 33.1. The molecule has 1 fully saturated rings. The standard InChI is InChI=1S/C33H47N3O3S2/c1-4-21-34(2)32(38)7-5-24-40-41-25-6-8-33(39)35(3)22-19-29-13-11-27(12-14-29)9-10-28-15-17-30(18-16-28)36-23-20-31(37)26-36/h9-18,31,37H,4-8,19-26H2,1-3H3/b10-9+. The molecule has 0 bridgehead atoms. The number of carbonyl (C=O) groups excluding carboxylic acids is 2. The highest BCUT2D eigenvalue weighted by atomic mass is 33.1. The third-order valence-corrected chi connectivity index (χ3v) is 9.91. The number of amides is 2. The molecule has 0 saturated carbocycles. The van der Waals surface area contributed by atoms with E-state index >= 15 is 0 Å². The third-order valence-electron chi connectivity index (χ3n) is 7.34. The Labute approximate surface area is 254 Å². The lowest BCUT2D eigenvalue weighted by Crippen LogP contribution is -2.28. The Morgan fingerprint density at radius 2 is 1.41 bits per heavy atom. The van der Waals surface area contributed by atoms with Gasteiger partial charge in [0.15, 0.2) is 0 Å². The Morgan fingerprint density at radius 3 is 1.93 bits per heavy atom. The molecule has 3 rings (SSSR count). The van der Waals surface area contributed by atoms with Crippen LogP contribution in [0.5, 0.6) is 0 Å². The van der Waals surface area contributed by atoms with Gasteiger partial charge in [0.2, 0.25) is 11.8 Å². The molecule has 1 aliphatic rings. The lowest BCUT2D eigenvalue weighted by atomic mass is 10.1. The number of carbonyl (C=O) groups is 2. The number of hydrogen-bond donors (Lipinski definition) is 1. The summed E-state index contributed by atoms with van der Waals surface area (Å²) in [6, 6.07) is 17.0. The van der Waals surface area contributed by atoms with Crippen LogP contribution in [0.25, 0.3) is 12.2 Å². The first-order valence-electron chi connectivity index (χ1n) is 14.9. The summed E-state index contributed by atoms with van der Waals surface area (Å²) < 4.78 is 0. The number of benzene rings is 2. The molecule has 1 unspecified atom stereocenters. The largest absolute Gasteiger partial charge is 0.391 e. The van der Waals surface area contributed by atoms with E-state index in [1.165, 1.54) is 5.56 Å². The number of hydrogen-bond acceptors (Lipinski definition) is 6. The molecule has 0 aliphatic carbocycles. The normalized spacial score (nSPS) is 15.0. The quantitative estimate of drug-likeness (QED) is 0.132. The van der Waals surface area contributed by atoms with Gasteiger partial charge in [-0.25, -0.2) is 0 Å². The van der Waals surface area contributed by atoms with Crippen LogP contribution in [0, 0.1) is 0 Å². The molecule has 41 heavy (non-hydrogen) atoms. The summed E-state index contributed by atoms with van der Waals surface area (Å²) in [5, 5.41) is 9.75. The van der Waals surface area contributed by atoms with Crippen molar-refractivity contribution in [2.24, 2.45) is 0 Å². The molecule has 8 heteroatoms. The van der Waals surface area contributed by atoms with Gasteiger partial charge in [0.1, 0.15) is 0 Å². The first-order chi connectivity index (χ1) is 19.9. The van der Waals surface area contributed by atoms with Crippen molar-refractivity contribution in [3.63, 3.8) is 0 Å². The minimum absolute atomic E-state index is 0.201. The molecule has 2 aromatic carbocycles. The molecule has 1 heterocycles. The van der Waals surface area contributed by atoms with Crippen LogP contribution in [0.4, 0.5) is 5.69 Å². The van der Waals surface area contributed by atoms with E-state index in [9.17, 15) is 14.7 Å². The summed E-state index contributed by atoms with van der Waals surface area (Å²) in [6.45, 7) is 5.26. The van der Waals surface area contributed by atoms with Crippen LogP contribution in [0.3, 0.4) is 0 Å². The van der Waals surface area contributed by atoms with Crippen molar-refractivity contribution >= 4 is 51.2 Å². The average Bonchev–Trinajstić information content (AvgIpc) is 3.42. The maximum absolute atomic E-state index is 12.5. The van der Waals surface area contributed by atoms with Gasteiger partial charge in [-0.15, -0.1) is 0 Å². The van der Waals surface area contributed by atoms with Crippen LogP contribution in [0.15, 0.2) is 48.5 Å². The Balaban J connectivity index is 1.27. The summed E-state index contributed by atoms with van der Waals surface area (Å²) in [4.78, 5) is 30.4. The second-order valence-corrected chi connectivity index (χ2v) is 13.5. The van der Waals surface area contributed by atoms with Crippen molar-refractivity contribution in [3.05, 3.63) is 65.2 Å². The summed E-state index contributed by atoms with van der Waals surface area (Å²) >= 11 is 0. The van der Waals surface area contributed by atoms with E-state index in [2.05, 4.69) is 72.5 Å². The summed E-state index contributed by atoms with van der Waals surface area (Å²) in [7, 11) is 7.38. The number of rotatable bonds is 17. The highest BCUT2D eigenvalue weighted by Gasteiger charge is 2.20. The average molecular weight is 598 g/mol. The van der Waals surface area contributed by atoms with E-state index in [1.807, 2.05) is 23.9 Å². The number of β-amino-alcohol motifs (C(OH)–C–C–N with tert-alkyl or cyclic N) is 1. The smallest absolute Gasteiger partial charge is 0.222 e. The monoisotopic (exact) mass is 597 g/mol. The maximum Gasteiger partial charge on any atom is 0.222 e. The highest BCUT2D eigenvalue weighted by Crippen LogP contribution is 2.24. The fraction of sp³-hybridized carbons (Fsp3) is 0.515. The molecule has 1 N–H and O–H groups in total. The number of aliphatic hydroxyl groups is 1. The van der Waals surface area contributed by atoms with Gasteiger partial charge in [0, 0.05) is 70.3 Å². The van der Waals surface area contributed by atoms with Gasteiger partial charge in [0.05, 0.1) is 6.10 Å². The second kappa shape index (κ2) is 18.2. The molecule has 0 aromatic heterocycles. The molecule has 2 amide bonds.